The van der Waals surface area contributed by atoms with Gasteiger partial charge in [-0.2, -0.15) is 31.4 Å². The number of hydrogen-bond acceptors (Lipinski definition) is 19. The number of anilines is 18. The zero-order valence-corrected chi connectivity index (χ0v) is 58.3. The third-order valence-corrected chi connectivity index (χ3v) is 13.5. The first-order valence-corrected chi connectivity index (χ1v) is 29.4. The van der Waals surface area contributed by atoms with E-state index >= 15 is 0 Å². The molecule has 37 N–H and O–H groups in total. The van der Waals surface area contributed by atoms with Crippen molar-refractivity contribution in [2.75, 3.05) is 103 Å². The summed E-state index contributed by atoms with van der Waals surface area (Å²) in [7, 11) is 0. The first-order valence-electron chi connectivity index (χ1n) is 29.4. The van der Waals surface area contributed by atoms with Crippen molar-refractivity contribution in [2.45, 2.75) is 53.6 Å². The SMILES string of the molecule is Cc1[c-]c(N)c(C)c(C)c1N.Cc1cc(N)[c-]cc1N.Cc1cc(N)ccc1N.Nc1cc(N)cc(Cc2ccccc2)c1.Nc1cc(N)cc(O)c1.Nc1ccc(N)c(C(F)(F)F)c1.Nc1ccc(N)c(Cc2ccccc2)c1.Nc1ccc(N)cc1.Nc1cccc(N)c1.[V].[V]. The van der Waals surface area contributed by atoms with Crippen molar-refractivity contribution in [1.29, 1.82) is 0 Å². The van der Waals surface area contributed by atoms with Crippen molar-refractivity contribution in [3.8, 4) is 5.75 Å². The number of alkyl halides is 3. The Morgan fingerprint density at radius 2 is 0.745 bits per heavy atom. The second-order valence-electron chi connectivity index (χ2n) is 21.8. The van der Waals surface area contributed by atoms with E-state index in [0.717, 1.165) is 121 Å². The van der Waals surface area contributed by atoms with Crippen LogP contribution >= 0.6 is 0 Å². The fraction of sp³-hybridized carbons (Fsp3) is 0.108. The summed E-state index contributed by atoms with van der Waals surface area (Å²) < 4.78 is 36.3. The van der Waals surface area contributed by atoms with Gasteiger partial charge in [0.05, 0.1) is 5.56 Å². The van der Waals surface area contributed by atoms with Crippen LogP contribution in [0.3, 0.4) is 0 Å². The molecular weight excluding hydrogens is 1320 g/mol. The molecule has 0 saturated carbocycles. The molecule has 0 atom stereocenters. The van der Waals surface area contributed by atoms with Gasteiger partial charge in [0.2, 0.25) is 0 Å². The largest absolute Gasteiger partial charge is 0.508 e. The fourth-order valence-corrected chi connectivity index (χ4v) is 8.19. The number of aryl methyl sites for hydroxylation is 3. The van der Waals surface area contributed by atoms with Crippen LogP contribution in [0.25, 0.3) is 0 Å². The molecule has 11 aromatic rings. The molecule has 0 unspecified atom stereocenters. The van der Waals surface area contributed by atoms with Crippen LogP contribution < -0.4 is 103 Å². The number of phenols is 1. The van der Waals surface area contributed by atoms with E-state index in [2.05, 4.69) is 36.4 Å². The number of halogens is 3. The van der Waals surface area contributed by atoms with Crippen LogP contribution in [0.5, 0.6) is 5.75 Å². The van der Waals surface area contributed by atoms with Gasteiger partial charge in [-0.15, -0.1) is 28.3 Å². The topological polar surface area (TPSA) is 489 Å². The van der Waals surface area contributed by atoms with Gasteiger partial charge in [0.25, 0.3) is 0 Å². The Labute approximate surface area is 596 Å². The molecule has 0 aliphatic carbocycles. The monoisotopic (exact) mass is 1410 g/mol. The van der Waals surface area contributed by atoms with E-state index < -0.39 is 11.7 Å². The smallest absolute Gasteiger partial charge is 0.418 e. The Morgan fingerprint density at radius 3 is 1.15 bits per heavy atom. The minimum atomic E-state index is -4.43. The summed E-state index contributed by atoms with van der Waals surface area (Å²) in [4.78, 5) is 0. The van der Waals surface area contributed by atoms with Gasteiger partial charge in [0, 0.05) is 129 Å². The van der Waals surface area contributed by atoms with Crippen LogP contribution in [0.2, 0.25) is 0 Å². The van der Waals surface area contributed by atoms with Crippen LogP contribution in [0.4, 0.5) is 116 Å². The molecule has 0 spiro atoms. The first-order chi connectivity index (χ1) is 45.1. The van der Waals surface area contributed by atoms with Gasteiger partial charge in [-0.3, -0.25) is 0 Å². The summed E-state index contributed by atoms with van der Waals surface area (Å²) in [5.41, 5.74) is 119. The van der Waals surface area contributed by atoms with Gasteiger partial charge < -0.3 is 108 Å². The predicted molar refractivity (Wildman–Crippen MR) is 404 cm³/mol. The molecule has 0 aliphatic rings. The van der Waals surface area contributed by atoms with Crippen molar-refractivity contribution in [2.24, 2.45) is 0 Å². The molecule has 11 aromatic carbocycles. The molecular formula is C74H91F3N18OV2-2. The van der Waals surface area contributed by atoms with Gasteiger partial charge in [-0.1, -0.05) is 117 Å². The van der Waals surface area contributed by atoms with Crippen molar-refractivity contribution >= 4 is 102 Å². The number of nitrogens with two attached hydrogens (primary N) is 18. The number of benzene rings is 11. The fourth-order valence-electron chi connectivity index (χ4n) is 8.19. The van der Waals surface area contributed by atoms with E-state index in [-0.39, 0.29) is 54.2 Å². The zero-order valence-electron chi connectivity index (χ0n) is 55.5. The molecule has 0 fully saturated rings. The second kappa shape index (κ2) is 42.1. The molecule has 0 heterocycles. The average molecular weight is 1410 g/mol. The van der Waals surface area contributed by atoms with Gasteiger partial charge in [0.1, 0.15) is 5.75 Å². The Morgan fingerprint density at radius 1 is 0.347 bits per heavy atom. The van der Waals surface area contributed by atoms with E-state index in [0.29, 0.717) is 34.1 Å². The summed E-state index contributed by atoms with van der Waals surface area (Å²) in [5.74, 6) is 0.104. The van der Waals surface area contributed by atoms with E-state index in [1.54, 1.807) is 72.8 Å². The standard InChI is InChI=1S/2C13H14N2.C9H13N2.C7H7F3N2.C7H10N2.C7H9N2.C6H8N2O.2C6H8N2.2V/c14-12-7-11(8-13(15)9-12)6-10-4-2-1-3-5-10;14-12-6-7-13(15)11(9-12)8-10-4-2-1-3-5-10;1-5-4-8(10)6(2)7(3)9(5)11;8-7(9,10)5-3-4(11)1-2-6(5)12;2*1-5-4-6(8)2-3-7(5)9;7-4-1-5(8)3-6(9)2-4;7-5-1-2-6(8)4-3-5;7-5-2-1-3-6(8)4-5;;/h1-5,7-9H,6,14-15H2;1-7,9H,8,14-15H2;10-11H2,1-3H3;1-3H,11-12H2;2-4H,8-9H2,1H3;3-4H,8-9H2,1H3;1-3,9H,7-8H2;2*1-4H,7-8H2;;/q;;-1;;;-1;;;;;. The number of nitrogen functional groups attached to an aromatic ring is 18. The average Bonchev–Trinajstić information content (AvgIpc) is 0.850. The Bertz CT molecular complexity index is 4010. The van der Waals surface area contributed by atoms with E-state index in [1.807, 2.05) is 120 Å². The third-order valence-electron chi connectivity index (χ3n) is 13.5. The zero-order chi connectivity index (χ0) is 71.8. The molecule has 0 aliphatic heterocycles. The summed E-state index contributed by atoms with van der Waals surface area (Å²) in [6.45, 7) is 9.70. The van der Waals surface area contributed by atoms with Crippen molar-refractivity contribution in [3.05, 3.63) is 280 Å². The maximum atomic E-state index is 12.1. The van der Waals surface area contributed by atoms with Crippen LogP contribution in [0, 0.1) is 46.8 Å². The molecule has 0 aromatic heterocycles. The number of phenolic OH excluding ortho intramolecular Hbond substituents is 1. The number of aromatic hydroxyl groups is 1. The normalized spacial score (nSPS) is 9.71. The molecule has 98 heavy (non-hydrogen) atoms. The number of hydrogen-bond donors (Lipinski definition) is 19. The maximum Gasteiger partial charge on any atom is 0.418 e. The molecule has 0 amide bonds. The van der Waals surface area contributed by atoms with Crippen LogP contribution in [0.1, 0.15) is 55.6 Å². The first kappa shape index (κ1) is 84.6. The molecule has 2 radical (unpaired) electrons. The Kier molecular flexibility index (Phi) is 36.3. The van der Waals surface area contributed by atoms with Crippen molar-refractivity contribution < 1.29 is 55.4 Å². The van der Waals surface area contributed by atoms with Gasteiger partial charge >= 0.3 is 6.18 Å². The quantitative estimate of drug-likeness (QED) is 0.0575. The van der Waals surface area contributed by atoms with Crippen LogP contribution in [0.15, 0.2) is 212 Å². The molecule has 24 heteroatoms. The van der Waals surface area contributed by atoms with Crippen molar-refractivity contribution in [3.63, 3.8) is 0 Å². The van der Waals surface area contributed by atoms with E-state index in [4.69, 9.17) is 108 Å². The summed E-state index contributed by atoms with van der Waals surface area (Å²) in [5, 5.41) is 8.83. The molecule has 11 rings (SSSR count). The van der Waals surface area contributed by atoms with Crippen LogP contribution in [-0.2, 0) is 56.1 Å². The van der Waals surface area contributed by atoms with E-state index in [9.17, 15) is 13.2 Å². The number of rotatable bonds is 4. The maximum absolute atomic E-state index is 12.1. The molecule has 516 valence electrons. The minimum absolute atomic E-state index is 0. The molecule has 0 bridgehead atoms. The summed E-state index contributed by atoms with van der Waals surface area (Å²) in [6.07, 6.45) is -2.73. The Balaban J connectivity index is 0.000000555. The Hall–Kier alpha value is -11.4. The molecule has 19 nitrogen and oxygen atoms in total. The van der Waals surface area contributed by atoms with Crippen molar-refractivity contribution in [1.82, 2.24) is 0 Å². The van der Waals surface area contributed by atoms with Crippen LogP contribution in [-0.4, -0.2) is 5.11 Å². The predicted octanol–water partition coefficient (Wildman–Crippen LogP) is 12.7. The minimum Gasteiger partial charge on any atom is -0.508 e. The summed E-state index contributed by atoms with van der Waals surface area (Å²) >= 11 is 0. The second-order valence-corrected chi connectivity index (χ2v) is 21.8. The van der Waals surface area contributed by atoms with E-state index in [1.165, 1.54) is 29.3 Å². The third kappa shape index (κ3) is 32.6. The van der Waals surface area contributed by atoms with Gasteiger partial charge in [-0.25, -0.2) is 0 Å². The van der Waals surface area contributed by atoms with Gasteiger partial charge in [0.15, 0.2) is 0 Å². The molecule has 0 saturated heterocycles. The van der Waals surface area contributed by atoms with Gasteiger partial charge in [-0.05, 0) is 169 Å². The summed E-state index contributed by atoms with van der Waals surface area (Å²) in [6, 6.07) is 68.5.